The van der Waals surface area contributed by atoms with Gasteiger partial charge in [0.25, 0.3) is 5.91 Å². The number of para-hydroxylation sites is 1. The van der Waals surface area contributed by atoms with Crippen LogP contribution in [0.4, 0.5) is 5.69 Å². The summed E-state index contributed by atoms with van der Waals surface area (Å²) in [6.07, 6.45) is 0. The number of rotatable bonds is 10. The number of benzene rings is 1. The zero-order valence-electron chi connectivity index (χ0n) is 17.9. The number of hydrogen-bond donors (Lipinski definition) is 2. The van der Waals surface area contributed by atoms with Gasteiger partial charge in [0.1, 0.15) is 12.3 Å². The number of nitrogens with zero attached hydrogens (tertiary/aromatic N) is 1. The Bertz CT molecular complexity index is 845. The van der Waals surface area contributed by atoms with Gasteiger partial charge in [0, 0.05) is 38.1 Å². The van der Waals surface area contributed by atoms with E-state index in [1.807, 2.05) is 12.1 Å². The monoisotopic (exact) mass is 401 g/mol. The number of hydrogen-bond acceptors (Lipinski definition) is 5. The van der Waals surface area contributed by atoms with Crippen LogP contribution in [-0.2, 0) is 9.47 Å². The van der Waals surface area contributed by atoms with Crippen LogP contribution >= 0.6 is 0 Å². The van der Waals surface area contributed by atoms with Gasteiger partial charge < -0.3 is 24.7 Å². The number of aromatic nitrogens is 1. The number of esters is 1. The average Bonchev–Trinajstić information content (AvgIpc) is 3.00. The molecule has 158 valence electrons. The van der Waals surface area contributed by atoms with Gasteiger partial charge in [0.15, 0.2) is 0 Å². The van der Waals surface area contributed by atoms with Crippen LogP contribution in [0.1, 0.15) is 44.6 Å². The Kier molecular flexibility index (Phi) is 8.27. The third-order valence-electron chi connectivity index (χ3n) is 4.89. The summed E-state index contributed by atoms with van der Waals surface area (Å²) in [5.74, 6) is -0.688. The lowest BCUT2D eigenvalue weighted by molar-refractivity contribution is 0.0387. The zero-order valence-corrected chi connectivity index (χ0v) is 17.9. The van der Waals surface area contributed by atoms with Crippen molar-refractivity contribution in [3.05, 3.63) is 52.3 Å². The Morgan fingerprint density at radius 2 is 1.86 bits per heavy atom. The SMILES string of the molecule is CCN(CCNC(=O)c1[nH]c(C)c(C(=O)OCCOC)c1C)c1ccccc1C. The number of nitrogens with one attached hydrogen (secondary N) is 2. The third-order valence-corrected chi connectivity index (χ3v) is 4.89. The van der Waals surface area contributed by atoms with E-state index in [4.69, 9.17) is 9.47 Å². The molecule has 0 saturated heterocycles. The van der Waals surface area contributed by atoms with Crippen LogP contribution in [0.25, 0.3) is 0 Å². The van der Waals surface area contributed by atoms with E-state index in [-0.39, 0.29) is 12.5 Å². The fourth-order valence-corrected chi connectivity index (χ4v) is 3.33. The normalized spacial score (nSPS) is 10.7. The maximum Gasteiger partial charge on any atom is 0.340 e. The van der Waals surface area contributed by atoms with Crippen LogP contribution in [-0.4, -0.2) is 56.8 Å². The van der Waals surface area contributed by atoms with E-state index in [1.165, 1.54) is 5.56 Å². The molecule has 2 N–H and O–H groups in total. The predicted octanol–water partition coefficient (Wildman–Crippen LogP) is 3.00. The van der Waals surface area contributed by atoms with Gasteiger partial charge in [0.2, 0.25) is 0 Å². The Morgan fingerprint density at radius 3 is 2.52 bits per heavy atom. The molecule has 7 nitrogen and oxygen atoms in total. The minimum absolute atomic E-state index is 0.173. The molecule has 1 heterocycles. The summed E-state index contributed by atoms with van der Waals surface area (Å²) in [5, 5.41) is 2.94. The zero-order chi connectivity index (χ0) is 21.4. The fraction of sp³-hybridized carbons (Fsp3) is 0.455. The van der Waals surface area contributed by atoms with Crippen LogP contribution in [0.3, 0.4) is 0 Å². The largest absolute Gasteiger partial charge is 0.460 e. The number of likely N-dealkylation sites (N-methyl/N-ethyl adjacent to an activating group) is 1. The highest BCUT2D eigenvalue weighted by Crippen LogP contribution is 2.20. The van der Waals surface area contributed by atoms with Gasteiger partial charge in [-0.2, -0.15) is 0 Å². The van der Waals surface area contributed by atoms with Crippen molar-refractivity contribution >= 4 is 17.6 Å². The summed E-state index contributed by atoms with van der Waals surface area (Å²) >= 11 is 0. The van der Waals surface area contributed by atoms with E-state index in [0.29, 0.717) is 42.2 Å². The minimum atomic E-state index is -0.455. The number of ether oxygens (including phenoxy) is 2. The van der Waals surface area contributed by atoms with E-state index < -0.39 is 5.97 Å². The summed E-state index contributed by atoms with van der Waals surface area (Å²) in [4.78, 5) is 30.2. The highest BCUT2D eigenvalue weighted by molar-refractivity contribution is 6.00. The van der Waals surface area contributed by atoms with Crippen LogP contribution in [0, 0.1) is 20.8 Å². The first-order valence-corrected chi connectivity index (χ1v) is 9.84. The van der Waals surface area contributed by atoms with Crippen LogP contribution in [0.5, 0.6) is 0 Å². The predicted molar refractivity (Wildman–Crippen MR) is 114 cm³/mol. The summed E-state index contributed by atoms with van der Waals surface area (Å²) in [5.41, 5.74) is 4.37. The van der Waals surface area contributed by atoms with Crippen molar-refractivity contribution in [2.24, 2.45) is 0 Å². The topological polar surface area (TPSA) is 83.7 Å². The molecule has 0 fully saturated rings. The molecule has 29 heavy (non-hydrogen) atoms. The number of carbonyl (C=O) groups excluding carboxylic acids is 2. The van der Waals surface area contributed by atoms with E-state index in [1.54, 1.807) is 21.0 Å². The van der Waals surface area contributed by atoms with Crippen LogP contribution in [0.15, 0.2) is 24.3 Å². The second-order valence-electron chi connectivity index (χ2n) is 6.88. The molecule has 1 aromatic heterocycles. The lowest BCUT2D eigenvalue weighted by Gasteiger charge is -2.25. The second kappa shape index (κ2) is 10.7. The molecule has 0 aliphatic carbocycles. The molecule has 1 aromatic carbocycles. The van der Waals surface area contributed by atoms with Gasteiger partial charge in [-0.15, -0.1) is 0 Å². The summed E-state index contributed by atoms with van der Waals surface area (Å²) < 4.78 is 10.1. The number of methoxy groups -OCH3 is 1. The molecule has 0 aliphatic heterocycles. The first-order valence-electron chi connectivity index (χ1n) is 9.84. The van der Waals surface area contributed by atoms with Crippen molar-refractivity contribution in [1.82, 2.24) is 10.3 Å². The molecule has 0 bridgehead atoms. The van der Waals surface area contributed by atoms with Gasteiger partial charge in [-0.25, -0.2) is 4.79 Å². The molecule has 1 amide bonds. The number of amides is 1. The highest BCUT2D eigenvalue weighted by Gasteiger charge is 2.23. The van der Waals surface area contributed by atoms with E-state index in [2.05, 4.69) is 41.2 Å². The molecule has 0 aliphatic rings. The lowest BCUT2D eigenvalue weighted by Crippen LogP contribution is -2.35. The molecule has 0 saturated carbocycles. The molecule has 0 atom stereocenters. The molecule has 0 unspecified atom stereocenters. The summed E-state index contributed by atoms with van der Waals surface area (Å²) in [6.45, 7) is 10.2. The van der Waals surface area contributed by atoms with Gasteiger partial charge in [-0.3, -0.25) is 4.79 Å². The second-order valence-corrected chi connectivity index (χ2v) is 6.88. The van der Waals surface area contributed by atoms with Crippen LogP contribution in [0.2, 0.25) is 0 Å². The maximum absolute atomic E-state index is 12.7. The molecule has 0 radical (unpaired) electrons. The lowest BCUT2D eigenvalue weighted by atomic mass is 10.1. The Hall–Kier alpha value is -2.80. The standard InChI is InChI=1S/C22H31N3O4/c1-6-25(18-10-8-7-9-15(18)2)12-11-23-21(26)20-16(3)19(17(4)24-20)22(27)29-14-13-28-5/h7-10,24H,6,11-14H2,1-5H3,(H,23,26). The third kappa shape index (κ3) is 5.60. The quantitative estimate of drug-likeness (QED) is 0.472. The van der Waals surface area contributed by atoms with Crippen LogP contribution < -0.4 is 10.2 Å². The number of H-pyrrole nitrogens is 1. The van der Waals surface area contributed by atoms with E-state index in [0.717, 1.165) is 12.2 Å². The van der Waals surface area contributed by atoms with Crippen molar-refractivity contribution in [3.63, 3.8) is 0 Å². The molecule has 7 heteroatoms. The number of anilines is 1. The van der Waals surface area contributed by atoms with Crippen molar-refractivity contribution in [2.75, 3.05) is 44.9 Å². The van der Waals surface area contributed by atoms with Crippen molar-refractivity contribution in [1.29, 1.82) is 0 Å². The first-order chi connectivity index (χ1) is 13.9. The fourth-order valence-electron chi connectivity index (χ4n) is 3.33. The molecule has 2 aromatic rings. The Morgan fingerprint density at radius 1 is 1.14 bits per heavy atom. The molecular formula is C22H31N3O4. The molecule has 2 rings (SSSR count). The van der Waals surface area contributed by atoms with E-state index >= 15 is 0 Å². The Labute approximate surface area is 172 Å². The molecular weight excluding hydrogens is 370 g/mol. The van der Waals surface area contributed by atoms with Crippen molar-refractivity contribution < 1.29 is 19.1 Å². The van der Waals surface area contributed by atoms with E-state index in [9.17, 15) is 9.59 Å². The summed E-state index contributed by atoms with van der Waals surface area (Å²) in [6, 6.07) is 8.19. The number of aromatic amines is 1. The smallest absolute Gasteiger partial charge is 0.340 e. The van der Waals surface area contributed by atoms with Gasteiger partial charge in [0.05, 0.1) is 12.2 Å². The van der Waals surface area contributed by atoms with Gasteiger partial charge in [-0.05, 0) is 44.9 Å². The van der Waals surface area contributed by atoms with Crippen molar-refractivity contribution in [2.45, 2.75) is 27.7 Å². The highest BCUT2D eigenvalue weighted by atomic mass is 16.6. The minimum Gasteiger partial charge on any atom is -0.460 e. The maximum atomic E-state index is 12.7. The van der Waals surface area contributed by atoms with Gasteiger partial charge >= 0.3 is 5.97 Å². The van der Waals surface area contributed by atoms with Crippen molar-refractivity contribution in [3.8, 4) is 0 Å². The average molecular weight is 402 g/mol. The first kappa shape index (κ1) is 22.5. The number of carbonyl (C=O) groups is 2. The number of aryl methyl sites for hydroxylation is 2. The van der Waals surface area contributed by atoms with Gasteiger partial charge in [-0.1, -0.05) is 18.2 Å². The molecule has 0 spiro atoms. The summed E-state index contributed by atoms with van der Waals surface area (Å²) in [7, 11) is 1.54. The Balaban J connectivity index is 1.99.